The van der Waals surface area contributed by atoms with Gasteiger partial charge >= 0.3 is 6.61 Å². The molecule has 0 bridgehead atoms. The van der Waals surface area contributed by atoms with Crippen molar-refractivity contribution in [2.24, 2.45) is 0 Å². The molecular weight excluding hydrogens is 388 g/mol. The summed E-state index contributed by atoms with van der Waals surface area (Å²) in [5, 5.41) is 3.34. The lowest BCUT2D eigenvalue weighted by molar-refractivity contribution is -0.0498. The van der Waals surface area contributed by atoms with Crippen LogP contribution in [0.25, 0.3) is 0 Å². The molecule has 0 saturated heterocycles. The first-order chi connectivity index (χ1) is 13.5. The second-order valence-corrected chi connectivity index (χ2v) is 6.20. The Morgan fingerprint density at radius 2 is 1.64 bits per heavy atom. The maximum absolute atomic E-state index is 12.6. The van der Waals surface area contributed by atoms with Gasteiger partial charge in [-0.05, 0) is 54.1 Å². The molecule has 0 spiro atoms. The molecular formula is C21H16ClF2NO3. The van der Waals surface area contributed by atoms with Gasteiger partial charge in [0.1, 0.15) is 18.1 Å². The molecule has 0 aliphatic rings. The number of halogens is 3. The molecule has 3 rings (SSSR count). The maximum Gasteiger partial charge on any atom is 0.387 e. The van der Waals surface area contributed by atoms with E-state index in [0.29, 0.717) is 22.0 Å². The minimum Gasteiger partial charge on any atom is -0.488 e. The monoisotopic (exact) mass is 403 g/mol. The standard InChI is InChI=1S/C21H16ClF2NO3/c22-15-7-5-14(6-8-15)13-27-19-4-2-1-3-18(19)20(26)25-16-9-11-17(12-10-16)28-21(23)24/h1-12,21H,13H2,(H,25,26). The summed E-state index contributed by atoms with van der Waals surface area (Å²) in [7, 11) is 0. The van der Waals surface area contributed by atoms with Crippen LogP contribution in [0.4, 0.5) is 14.5 Å². The Hall–Kier alpha value is -3.12. The molecule has 144 valence electrons. The number of para-hydroxylation sites is 1. The first kappa shape index (κ1) is 19.6. The van der Waals surface area contributed by atoms with Crippen LogP contribution in [0, 0.1) is 0 Å². The molecule has 0 aliphatic heterocycles. The largest absolute Gasteiger partial charge is 0.488 e. The molecule has 0 unspecified atom stereocenters. The lowest BCUT2D eigenvalue weighted by Gasteiger charge is -2.12. The van der Waals surface area contributed by atoms with Crippen LogP contribution in [0.5, 0.6) is 11.5 Å². The fraction of sp³-hybridized carbons (Fsp3) is 0.0952. The molecule has 1 N–H and O–H groups in total. The number of benzene rings is 3. The second-order valence-electron chi connectivity index (χ2n) is 5.77. The van der Waals surface area contributed by atoms with Gasteiger partial charge in [0, 0.05) is 10.7 Å². The van der Waals surface area contributed by atoms with E-state index in [9.17, 15) is 13.6 Å². The number of hydrogen-bond donors (Lipinski definition) is 1. The molecule has 4 nitrogen and oxygen atoms in total. The van der Waals surface area contributed by atoms with Crippen molar-refractivity contribution in [3.8, 4) is 11.5 Å². The summed E-state index contributed by atoms with van der Waals surface area (Å²) >= 11 is 5.87. The molecule has 0 aliphatic carbocycles. The van der Waals surface area contributed by atoms with Gasteiger partial charge in [-0.2, -0.15) is 8.78 Å². The first-order valence-electron chi connectivity index (χ1n) is 8.34. The van der Waals surface area contributed by atoms with Crippen LogP contribution in [0.2, 0.25) is 5.02 Å². The summed E-state index contributed by atoms with van der Waals surface area (Å²) < 4.78 is 34.5. The average molecular weight is 404 g/mol. The molecule has 0 atom stereocenters. The van der Waals surface area contributed by atoms with Gasteiger partial charge < -0.3 is 14.8 Å². The average Bonchev–Trinajstić information content (AvgIpc) is 2.69. The summed E-state index contributed by atoms with van der Waals surface area (Å²) in [6.45, 7) is -2.62. The zero-order valence-electron chi connectivity index (χ0n) is 14.6. The van der Waals surface area contributed by atoms with Crippen LogP contribution in [-0.4, -0.2) is 12.5 Å². The normalized spacial score (nSPS) is 10.6. The third-order valence-corrected chi connectivity index (χ3v) is 4.03. The molecule has 3 aromatic carbocycles. The van der Waals surface area contributed by atoms with Crippen molar-refractivity contribution in [3.63, 3.8) is 0 Å². The molecule has 0 radical (unpaired) electrons. The van der Waals surface area contributed by atoms with E-state index in [1.54, 1.807) is 36.4 Å². The van der Waals surface area contributed by atoms with Crippen molar-refractivity contribution >= 4 is 23.2 Å². The van der Waals surface area contributed by atoms with Crippen LogP contribution in [-0.2, 0) is 6.61 Å². The Labute approximate surface area is 165 Å². The van der Waals surface area contributed by atoms with E-state index in [1.807, 2.05) is 12.1 Å². The predicted octanol–water partition coefficient (Wildman–Crippen LogP) is 5.77. The molecule has 1 amide bonds. The van der Waals surface area contributed by atoms with Crippen LogP contribution in [0.15, 0.2) is 72.8 Å². The summed E-state index contributed by atoms with van der Waals surface area (Å²) in [5.41, 5.74) is 1.71. The fourth-order valence-corrected chi connectivity index (χ4v) is 2.57. The van der Waals surface area contributed by atoms with E-state index in [0.717, 1.165) is 5.56 Å². The Balaban J connectivity index is 1.67. The summed E-state index contributed by atoms with van der Waals surface area (Å²) in [4.78, 5) is 12.6. The Bertz CT molecular complexity index is 931. The Morgan fingerprint density at radius 1 is 0.964 bits per heavy atom. The van der Waals surface area contributed by atoms with E-state index in [1.165, 1.54) is 24.3 Å². The molecule has 0 fully saturated rings. The van der Waals surface area contributed by atoms with E-state index in [4.69, 9.17) is 16.3 Å². The number of anilines is 1. The third-order valence-electron chi connectivity index (χ3n) is 3.78. The van der Waals surface area contributed by atoms with Crippen LogP contribution >= 0.6 is 11.6 Å². The molecule has 0 saturated carbocycles. The SMILES string of the molecule is O=C(Nc1ccc(OC(F)F)cc1)c1ccccc1OCc1ccc(Cl)cc1. The molecule has 0 aromatic heterocycles. The number of ether oxygens (including phenoxy) is 2. The number of nitrogens with one attached hydrogen (secondary N) is 1. The predicted molar refractivity (Wildman–Crippen MR) is 103 cm³/mol. The highest BCUT2D eigenvalue weighted by Gasteiger charge is 2.13. The molecule has 3 aromatic rings. The Kier molecular flexibility index (Phi) is 6.45. The first-order valence-corrected chi connectivity index (χ1v) is 8.71. The lowest BCUT2D eigenvalue weighted by atomic mass is 10.1. The molecule has 7 heteroatoms. The van der Waals surface area contributed by atoms with E-state index >= 15 is 0 Å². The fourth-order valence-electron chi connectivity index (χ4n) is 2.44. The molecule has 0 heterocycles. The highest BCUT2D eigenvalue weighted by Crippen LogP contribution is 2.23. The van der Waals surface area contributed by atoms with Gasteiger partial charge in [-0.25, -0.2) is 0 Å². The van der Waals surface area contributed by atoms with Gasteiger partial charge in [0.05, 0.1) is 5.56 Å². The highest BCUT2D eigenvalue weighted by molar-refractivity contribution is 6.30. The van der Waals surface area contributed by atoms with Crippen molar-refractivity contribution in [3.05, 3.63) is 88.9 Å². The number of alkyl halides is 2. The highest BCUT2D eigenvalue weighted by atomic mass is 35.5. The van der Waals surface area contributed by atoms with E-state index in [-0.39, 0.29) is 18.3 Å². The number of rotatable bonds is 7. The minimum absolute atomic E-state index is 0.0136. The van der Waals surface area contributed by atoms with E-state index in [2.05, 4.69) is 10.1 Å². The zero-order valence-corrected chi connectivity index (χ0v) is 15.3. The van der Waals surface area contributed by atoms with Crippen molar-refractivity contribution in [1.82, 2.24) is 0 Å². The number of amides is 1. The third kappa shape index (κ3) is 5.44. The van der Waals surface area contributed by atoms with Crippen LogP contribution in [0.3, 0.4) is 0 Å². The zero-order chi connectivity index (χ0) is 19.9. The van der Waals surface area contributed by atoms with Gasteiger partial charge in [0.2, 0.25) is 0 Å². The Morgan fingerprint density at radius 3 is 2.32 bits per heavy atom. The van der Waals surface area contributed by atoms with Crippen molar-refractivity contribution in [1.29, 1.82) is 0 Å². The van der Waals surface area contributed by atoms with Crippen molar-refractivity contribution < 1.29 is 23.0 Å². The van der Waals surface area contributed by atoms with Gasteiger partial charge in [0.25, 0.3) is 5.91 Å². The summed E-state index contributed by atoms with van der Waals surface area (Å²) in [5.74, 6) is 0.0570. The van der Waals surface area contributed by atoms with Crippen molar-refractivity contribution in [2.45, 2.75) is 13.2 Å². The van der Waals surface area contributed by atoms with Gasteiger partial charge in [-0.1, -0.05) is 35.9 Å². The summed E-state index contributed by atoms with van der Waals surface area (Å²) in [6.07, 6.45) is 0. The van der Waals surface area contributed by atoms with Gasteiger partial charge in [0.15, 0.2) is 0 Å². The topological polar surface area (TPSA) is 47.6 Å². The van der Waals surface area contributed by atoms with Crippen molar-refractivity contribution in [2.75, 3.05) is 5.32 Å². The maximum atomic E-state index is 12.6. The van der Waals surface area contributed by atoms with Gasteiger partial charge in [-0.15, -0.1) is 0 Å². The second kappa shape index (κ2) is 9.19. The number of carbonyl (C=O) groups excluding carboxylic acids is 1. The minimum atomic E-state index is -2.90. The van der Waals surface area contributed by atoms with Gasteiger partial charge in [-0.3, -0.25) is 4.79 Å². The number of carbonyl (C=O) groups is 1. The van der Waals surface area contributed by atoms with E-state index < -0.39 is 6.61 Å². The van der Waals surface area contributed by atoms with Crippen LogP contribution < -0.4 is 14.8 Å². The smallest absolute Gasteiger partial charge is 0.387 e. The number of hydrogen-bond acceptors (Lipinski definition) is 3. The quantitative estimate of drug-likeness (QED) is 0.544. The van der Waals surface area contributed by atoms with Crippen LogP contribution in [0.1, 0.15) is 15.9 Å². The molecule has 28 heavy (non-hydrogen) atoms. The lowest BCUT2D eigenvalue weighted by Crippen LogP contribution is -2.13. The summed E-state index contributed by atoms with van der Waals surface area (Å²) in [6, 6.07) is 19.7.